The molecule has 0 unspecified atom stereocenters. The van der Waals surface area contributed by atoms with E-state index in [0.29, 0.717) is 12.3 Å². The average molecular weight is 235 g/mol. The second kappa shape index (κ2) is 5.92. The van der Waals surface area contributed by atoms with Crippen molar-refractivity contribution in [2.75, 3.05) is 19.5 Å². The Hall–Kier alpha value is -1.22. The number of nitrogens with two attached hydrogens (primary N) is 1. The summed E-state index contributed by atoms with van der Waals surface area (Å²) in [7, 11) is 1.63. The average Bonchev–Trinajstić information content (AvgIpc) is 2.26. The summed E-state index contributed by atoms with van der Waals surface area (Å²) in [6.07, 6.45) is 5.38. The molecule has 0 atom stereocenters. The third-order valence-electron chi connectivity index (χ3n) is 3.46. The van der Waals surface area contributed by atoms with Gasteiger partial charge in [0, 0.05) is 6.61 Å². The van der Waals surface area contributed by atoms with Crippen LogP contribution in [-0.4, -0.2) is 13.7 Å². The lowest BCUT2D eigenvalue weighted by atomic mass is 9.83. The highest BCUT2D eigenvalue weighted by Gasteiger charge is 2.16. The number of methoxy groups -OCH3 is 1. The fraction of sp³-hybridized carbons (Fsp3) is 0.571. The molecular weight excluding hydrogens is 214 g/mol. The van der Waals surface area contributed by atoms with Crippen LogP contribution in [0.25, 0.3) is 0 Å². The van der Waals surface area contributed by atoms with Crippen molar-refractivity contribution in [1.82, 2.24) is 0 Å². The minimum Gasteiger partial charge on any atom is -0.495 e. The predicted octanol–water partition coefficient (Wildman–Crippen LogP) is 2.98. The molecule has 2 rings (SSSR count). The van der Waals surface area contributed by atoms with Crippen molar-refractivity contribution in [1.29, 1.82) is 0 Å². The molecule has 0 aliphatic heterocycles. The standard InChI is InChI=1S/C14H21NO2/c1-16-14-6-5-12(9-13(14)15)10-17-8-7-11-3-2-4-11/h5-6,9,11H,2-4,7-8,10,15H2,1H3. The molecule has 94 valence electrons. The van der Waals surface area contributed by atoms with Gasteiger partial charge in [-0.05, 0) is 30.0 Å². The molecule has 0 radical (unpaired) electrons. The topological polar surface area (TPSA) is 44.5 Å². The molecule has 1 aliphatic rings. The Balaban J connectivity index is 1.72. The molecule has 0 bridgehead atoms. The zero-order chi connectivity index (χ0) is 12.1. The van der Waals surface area contributed by atoms with Crippen LogP contribution in [0.5, 0.6) is 5.75 Å². The Morgan fingerprint density at radius 3 is 2.76 bits per heavy atom. The molecule has 0 aromatic heterocycles. The molecule has 1 aromatic rings. The quantitative estimate of drug-likeness (QED) is 0.609. The first kappa shape index (κ1) is 12.2. The largest absolute Gasteiger partial charge is 0.495 e. The van der Waals surface area contributed by atoms with Gasteiger partial charge in [0.2, 0.25) is 0 Å². The van der Waals surface area contributed by atoms with Crippen molar-refractivity contribution in [3.63, 3.8) is 0 Å². The lowest BCUT2D eigenvalue weighted by Gasteiger charge is -2.24. The van der Waals surface area contributed by atoms with Crippen LogP contribution in [0.15, 0.2) is 18.2 Å². The highest BCUT2D eigenvalue weighted by Crippen LogP contribution is 2.29. The summed E-state index contributed by atoms with van der Waals surface area (Å²) in [4.78, 5) is 0. The minimum absolute atomic E-state index is 0.640. The van der Waals surface area contributed by atoms with Gasteiger partial charge in [-0.25, -0.2) is 0 Å². The highest BCUT2D eigenvalue weighted by atomic mass is 16.5. The van der Waals surface area contributed by atoms with E-state index in [2.05, 4.69) is 0 Å². The SMILES string of the molecule is COc1ccc(COCCC2CCC2)cc1N. The van der Waals surface area contributed by atoms with Crippen molar-refractivity contribution in [3.8, 4) is 5.75 Å². The second-order valence-electron chi connectivity index (χ2n) is 4.71. The van der Waals surface area contributed by atoms with Crippen LogP contribution < -0.4 is 10.5 Å². The Bertz CT molecular complexity index is 361. The minimum atomic E-state index is 0.640. The van der Waals surface area contributed by atoms with Crippen LogP contribution in [0, 0.1) is 5.92 Å². The number of hydrogen-bond acceptors (Lipinski definition) is 3. The molecule has 1 aromatic carbocycles. The molecule has 3 heteroatoms. The van der Waals surface area contributed by atoms with Gasteiger partial charge < -0.3 is 15.2 Å². The molecule has 1 saturated carbocycles. The normalized spacial score (nSPS) is 15.6. The van der Waals surface area contributed by atoms with Crippen molar-refractivity contribution in [2.45, 2.75) is 32.3 Å². The number of rotatable bonds is 6. The van der Waals surface area contributed by atoms with Gasteiger partial charge in [-0.15, -0.1) is 0 Å². The zero-order valence-electron chi connectivity index (χ0n) is 10.4. The van der Waals surface area contributed by atoms with Gasteiger partial charge in [0.15, 0.2) is 0 Å². The van der Waals surface area contributed by atoms with E-state index in [1.54, 1.807) is 7.11 Å². The van der Waals surface area contributed by atoms with Crippen molar-refractivity contribution >= 4 is 5.69 Å². The smallest absolute Gasteiger partial charge is 0.141 e. The van der Waals surface area contributed by atoms with E-state index in [0.717, 1.165) is 23.8 Å². The molecule has 0 heterocycles. The molecule has 1 fully saturated rings. The fourth-order valence-corrected chi connectivity index (χ4v) is 2.10. The lowest BCUT2D eigenvalue weighted by molar-refractivity contribution is 0.0950. The molecule has 0 saturated heterocycles. The third-order valence-corrected chi connectivity index (χ3v) is 3.46. The van der Waals surface area contributed by atoms with Gasteiger partial charge in [0.05, 0.1) is 19.4 Å². The predicted molar refractivity (Wildman–Crippen MR) is 69.0 cm³/mol. The number of hydrogen-bond donors (Lipinski definition) is 1. The highest BCUT2D eigenvalue weighted by molar-refractivity contribution is 5.54. The second-order valence-corrected chi connectivity index (χ2v) is 4.71. The van der Waals surface area contributed by atoms with Crippen LogP contribution in [-0.2, 0) is 11.3 Å². The summed E-state index contributed by atoms with van der Waals surface area (Å²) in [5.74, 6) is 1.64. The van der Waals surface area contributed by atoms with Gasteiger partial charge in [-0.2, -0.15) is 0 Å². The van der Waals surface area contributed by atoms with Gasteiger partial charge in [-0.1, -0.05) is 25.3 Å². The van der Waals surface area contributed by atoms with E-state index in [1.165, 1.54) is 25.7 Å². The summed E-state index contributed by atoms with van der Waals surface area (Å²) < 4.78 is 10.8. The number of nitrogen functional groups attached to an aromatic ring is 1. The summed E-state index contributed by atoms with van der Waals surface area (Å²) in [5, 5.41) is 0. The molecule has 1 aliphatic carbocycles. The van der Waals surface area contributed by atoms with Crippen LogP contribution in [0.1, 0.15) is 31.2 Å². The molecule has 0 amide bonds. The Morgan fingerprint density at radius 1 is 1.35 bits per heavy atom. The van der Waals surface area contributed by atoms with E-state index in [1.807, 2.05) is 18.2 Å². The lowest BCUT2D eigenvalue weighted by Crippen LogP contribution is -2.13. The fourth-order valence-electron chi connectivity index (χ4n) is 2.10. The third kappa shape index (κ3) is 3.37. The van der Waals surface area contributed by atoms with Crippen molar-refractivity contribution < 1.29 is 9.47 Å². The van der Waals surface area contributed by atoms with Gasteiger partial charge in [0.1, 0.15) is 5.75 Å². The van der Waals surface area contributed by atoms with Crippen LogP contribution >= 0.6 is 0 Å². The number of ether oxygens (including phenoxy) is 2. The first-order chi connectivity index (χ1) is 8.29. The van der Waals surface area contributed by atoms with E-state index in [4.69, 9.17) is 15.2 Å². The van der Waals surface area contributed by atoms with Crippen molar-refractivity contribution in [2.24, 2.45) is 5.92 Å². The number of benzene rings is 1. The maximum atomic E-state index is 5.83. The molecule has 0 spiro atoms. The van der Waals surface area contributed by atoms with E-state index < -0.39 is 0 Å². The monoisotopic (exact) mass is 235 g/mol. The molecule has 3 nitrogen and oxygen atoms in total. The first-order valence-electron chi connectivity index (χ1n) is 6.29. The van der Waals surface area contributed by atoms with E-state index >= 15 is 0 Å². The van der Waals surface area contributed by atoms with Crippen LogP contribution in [0.4, 0.5) is 5.69 Å². The first-order valence-corrected chi connectivity index (χ1v) is 6.29. The van der Waals surface area contributed by atoms with Gasteiger partial charge in [-0.3, -0.25) is 0 Å². The van der Waals surface area contributed by atoms with E-state index in [-0.39, 0.29) is 0 Å². The van der Waals surface area contributed by atoms with Crippen molar-refractivity contribution in [3.05, 3.63) is 23.8 Å². The summed E-state index contributed by atoms with van der Waals surface area (Å²) in [6.45, 7) is 1.50. The summed E-state index contributed by atoms with van der Waals surface area (Å²) >= 11 is 0. The molecule has 17 heavy (non-hydrogen) atoms. The Kier molecular flexibility index (Phi) is 4.26. The Labute approximate surface area is 103 Å². The summed E-state index contributed by atoms with van der Waals surface area (Å²) in [5.41, 5.74) is 7.62. The van der Waals surface area contributed by atoms with E-state index in [9.17, 15) is 0 Å². The molecular formula is C14H21NO2. The molecule has 2 N–H and O–H groups in total. The van der Waals surface area contributed by atoms with Gasteiger partial charge in [0.25, 0.3) is 0 Å². The summed E-state index contributed by atoms with van der Waals surface area (Å²) in [6, 6.07) is 5.81. The maximum Gasteiger partial charge on any atom is 0.141 e. The maximum absolute atomic E-state index is 5.83. The van der Waals surface area contributed by atoms with Crippen LogP contribution in [0.3, 0.4) is 0 Å². The zero-order valence-corrected chi connectivity index (χ0v) is 10.4. The van der Waals surface area contributed by atoms with Crippen LogP contribution in [0.2, 0.25) is 0 Å². The van der Waals surface area contributed by atoms with Gasteiger partial charge >= 0.3 is 0 Å². The number of anilines is 1. The Morgan fingerprint density at radius 2 is 2.18 bits per heavy atom.